The van der Waals surface area contributed by atoms with E-state index in [4.69, 9.17) is 0 Å². The maximum atomic E-state index is 11.5. The third kappa shape index (κ3) is 1.34. The number of carbonyl (C=O) groups excluding carboxylic acids is 2. The molecule has 14 heavy (non-hydrogen) atoms. The molecule has 2 amide bonds. The van der Waals surface area contributed by atoms with Crippen LogP contribution in [0.25, 0.3) is 0 Å². The standard InChI is InChI=1S/C10H15NO3/c1-5(12)6-3-2-4-7-8(6)10(14)11-9(7)13/h5-8,12H,2-4H2,1H3,(H,11,13,14). The van der Waals surface area contributed by atoms with Gasteiger partial charge in [0.2, 0.25) is 11.8 Å². The molecule has 4 unspecified atom stereocenters. The summed E-state index contributed by atoms with van der Waals surface area (Å²) in [5.41, 5.74) is 0. The van der Waals surface area contributed by atoms with Gasteiger partial charge in [-0.25, -0.2) is 0 Å². The normalized spacial score (nSPS) is 39.1. The summed E-state index contributed by atoms with van der Waals surface area (Å²) in [7, 11) is 0. The van der Waals surface area contributed by atoms with Crippen molar-refractivity contribution < 1.29 is 14.7 Å². The average Bonchev–Trinajstić information content (AvgIpc) is 2.43. The third-order valence-corrected chi connectivity index (χ3v) is 3.45. The van der Waals surface area contributed by atoms with Gasteiger partial charge in [0.25, 0.3) is 0 Å². The molecule has 1 saturated carbocycles. The summed E-state index contributed by atoms with van der Waals surface area (Å²) in [5, 5.41) is 11.9. The number of rotatable bonds is 1. The molecular weight excluding hydrogens is 182 g/mol. The Balaban J connectivity index is 2.23. The van der Waals surface area contributed by atoms with E-state index in [9.17, 15) is 14.7 Å². The van der Waals surface area contributed by atoms with Crippen LogP contribution in [0.2, 0.25) is 0 Å². The fraction of sp³-hybridized carbons (Fsp3) is 0.800. The third-order valence-electron chi connectivity index (χ3n) is 3.45. The topological polar surface area (TPSA) is 66.4 Å². The first kappa shape index (κ1) is 9.65. The predicted octanol–water partition coefficient (Wildman–Crippen LogP) is 0.0561. The summed E-state index contributed by atoms with van der Waals surface area (Å²) >= 11 is 0. The van der Waals surface area contributed by atoms with E-state index >= 15 is 0 Å². The van der Waals surface area contributed by atoms with Crippen molar-refractivity contribution in [2.75, 3.05) is 0 Å². The number of hydrogen-bond donors (Lipinski definition) is 2. The van der Waals surface area contributed by atoms with E-state index < -0.39 is 6.10 Å². The molecule has 0 radical (unpaired) electrons. The van der Waals surface area contributed by atoms with Crippen LogP contribution in [0.5, 0.6) is 0 Å². The molecule has 0 spiro atoms. The Bertz CT molecular complexity index is 275. The van der Waals surface area contributed by atoms with E-state index in [2.05, 4.69) is 5.32 Å². The molecule has 0 aromatic carbocycles. The molecule has 2 rings (SSSR count). The molecule has 78 valence electrons. The van der Waals surface area contributed by atoms with Crippen LogP contribution >= 0.6 is 0 Å². The van der Waals surface area contributed by atoms with Crippen molar-refractivity contribution in [2.24, 2.45) is 17.8 Å². The van der Waals surface area contributed by atoms with Gasteiger partial charge in [0.15, 0.2) is 0 Å². The van der Waals surface area contributed by atoms with Crippen LogP contribution < -0.4 is 5.32 Å². The Morgan fingerprint density at radius 2 is 2.07 bits per heavy atom. The number of fused-ring (bicyclic) bond motifs is 1. The van der Waals surface area contributed by atoms with Gasteiger partial charge in [0.05, 0.1) is 17.9 Å². The van der Waals surface area contributed by atoms with E-state index in [-0.39, 0.29) is 29.6 Å². The summed E-state index contributed by atoms with van der Waals surface area (Å²) in [6.45, 7) is 1.70. The lowest BCUT2D eigenvalue weighted by molar-refractivity contribution is -0.127. The van der Waals surface area contributed by atoms with Crippen molar-refractivity contribution in [3.05, 3.63) is 0 Å². The lowest BCUT2D eigenvalue weighted by Gasteiger charge is -2.32. The summed E-state index contributed by atoms with van der Waals surface area (Å²) in [6.07, 6.45) is 2.06. The molecule has 2 fully saturated rings. The summed E-state index contributed by atoms with van der Waals surface area (Å²) in [4.78, 5) is 22.9. The second-order valence-corrected chi connectivity index (χ2v) is 4.32. The Morgan fingerprint density at radius 3 is 2.71 bits per heavy atom. The van der Waals surface area contributed by atoms with Crippen molar-refractivity contribution in [1.82, 2.24) is 5.32 Å². The summed E-state index contributed by atoms with van der Waals surface area (Å²) in [6, 6.07) is 0. The minimum Gasteiger partial charge on any atom is -0.393 e. The molecule has 2 aliphatic rings. The van der Waals surface area contributed by atoms with Gasteiger partial charge in [-0.3, -0.25) is 14.9 Å². The first-order chi connectivity index (χ1) is 6.61. The van der Waals surface area contributed by atoms with Gasteiger partial charge in [-0.1, -0.05) is 6.42 Å². The van der Waals surface area contributed by atoms with E-state index in [0.717, 1.165) is 19.3 Å². The predicted molar refractivity (Wildman–Crippen MR) is 49.2 cm³/mol. The highest BCUT2D eigenvalue weighted by molar-refractivity contribution is 6.05. The Morgan fingerprint density at radius 1 is 1.36 bits per heavy atom. The molecule has 1 heterocycles. The lowest BCUT2D eigenvalue weighted by Crippen LogP contribution is -2.36. The maximum Gasteiger partial charge on any atom is 0.230 e. The van der Waals surface area contributed by atoms with Gasteiger partial charge in [-0.05, 0) is 25.7 Å². The molecular formula is C10H15NO3. The minimum atomic E-state index is -0.501. The van der Waals surface area contributed by atoms with Crippen LogP contribution in [0, 0.1) is 17.8 Å². The molecule has 4 nitrogen and oxygen atoms in total. The van der Waals surface area contributed by atoms with Crippen LogP contribution in [0.3, 0.4) is 0 Å². The van der Waals surface area contributed by atoms with Gasteiger partial charge in [-0.2, -0.15) is 0 Å². The minimum absolute atomic E-state index is 0.0415. The number of carbonyl (C=O) groups is 2. The van der Waals surface area contributed by atoms with Gasteiger partial charge in [0, 0.05) is 0 Å². The zero-order chi connectivity index (χ0) is 10.3. The average molecular weight is 197 g/mol. The zero-order valence-corrected chi connectivity index (χ0v) is 8.19. The quantitative estimate of drug-likeness (QED) is 0.584. The maximum absolute atomic E-state index is 11.5. The molecule has 0 aromatic heterocycles. The second-order valence-electron chi connectivity index (χ2n) is 4.32. The van der Waals surface area contributed by atoms with E-state index in [0.29, 0.717) is 0 Å². The van der Waals surface area contributed by atoms with Crippen molar-refractivity contribution >= 4 is 11.8 Å². The van der Waals surface area contributed by atoms with Crippen molar-refractivity contribution in [2.45, 2.75) is 32.3 Å². The van der Waals surface area contributed by atoms with Crippen molar-refractivity contribution in [3.8, 4) is 0 Å². The largest absolute Gasteiger partial charge is 0.393 e. The zero-order valence-electron chi connectivity index (χ0n) is 8.19. The molecule has 2 N–H and O–H groups in total. The monoisotopic (exact) mass is 197 g/mol. The van der Waals surface area contributed by atoms with Crippen LogP contribution in [-0.2, 0) is 9.59 Å². The molecule has 1 aliphatic heterocycles. The molecule has 0 aromatic rings. The Kier molecular flexibility index (Phi) is 2.31. The number of hydrogen-bond acceptors (Lipinski definition) is 3. The van der Waals surface area contributed by atoms with Gasteiger partial charge in [0.1, 0.15) is 0 Å². The molecule has 4 heteroatoms. The number of aliphatic hydroxyl groups is 1. The van der Waals surface area contributed by atoms with Crippen LogP contribution in [0.15, 0.2) is 0 Å². The smallest absolute Gasteiger partial charge is 0.230 e. The summed E-state index contributed by atoms with van der Waals surface area (Å²) in [5.74, 6) is -0.844. The molecule has 1 saturated heterocycles. The van der Waals surface area contributed by atoms with Gasteiger partial charge >= 0.3 is 0 Å². The van der Waals surface area contributed by atoms with Crippen LogP contribution in [0.1, 0.15) is 26.2 Å². The van der Waals surface area contributed by atoms with Crippen LogP contribution in [0.4, 0.5) is 0 Å². The number of amides is 2. The highest BCUT2D eigenvalue weighted by Crippen LogP contribution is 2.39. The Hall–Kier alpha value is -0.900. The highest BCUT2D eigenvalue weighted by atomic mass is 16.3. The molecule has 0 bridgehead atoms. The SMILES string of the molecule is CC(O)C1CCCC2C(=O)NC(=O)C21. The van der Waals surface area contributed by atoms with Crippen molar-refractivity contribution in [1.29, 1.82) is 0 Å². The van der Waals surface area contributed by atoms with Crippen molar-refractivity contribution in [3.63, 3.8) is 0 Å². The molecule has 4 atom stereocenters. The highest BCUT2D eigenvalue weighted by Gasteiger charge is 2.48. The number of nitrogens with one attached hydrogen (secondary N) is 1. The van der Waals surface area contributed by atoms with E-state index in [1.54, 1.807) is 6.92 Å². The number of aliphatic hydroxyl groups excluding tert-OH is 1. The first-order valence-electron chi connectivity index (χ1n) is 5.14. The first-order valence-corrected chi connectivity index (χ1v) is 5.14. The second kappa shape index (κ2) is 3.35. The van der Waals surface area contributed by atoms with E-state index in [1.807, 2.05) is 0 Å². The fourth-order valence-electron chi connectivity index (χ4n) is 2.74. The molecule has 1 aliphatic carbocycles. The van der Waals surface area contributed by atoms with Crippen LogP contribution in [-0.4, -0.2) is 23.0 Å². The Labute approximate surface area is 82.7 Å². The summed E-state index contributed by atoms with van der Waals surface area (Å²) < 4.78 is 0. The van der Waals surface area contributed by atoms with Gasteiger partial charge in [-0.15, -0.1) is 0 Å². The fourth-order valence-corrected chi connectivity index (χ4v) is 2.74. The number of imide groups is 1. The lowest BCUT2D eigenvalue weighted by atomic mass is 9.71. The van der Waals surface area contributed by atoms with E-state index in [1.165, 1.54) is 0 Å². The van der Waals surface area contributed by atoms with Gasteiger partial charge < -0.3 is 5.11 Å².